The molecule has 1 aromatic heterocycles. The molecule has 5 nitrogen and oxygen atoms in total. The molecule has 0 saturated carbocycles. The number of aromatic nitrogens is 3. The van der Waals surface area contributed by atoms with E-state index < -0.39 is 0 Å². The second-order valence-corrected chi connectivity index (χ2v) is 3.26. The van der Waals surface area contributed by atoms with E-state index in [1.165, 1.54) is 7.11 Å². The van der Waals surface area contributed by atoms with Crippen molar-refractivity contribution < 1.29 is 9.84 Å². The Balaban J connectivity index is 2.56. The predicted octanol–water partition coefficient (Wildman–Crippen LogP) is 1.56. The van der Waals surface area contributed by atoms with Gasteiger partial charge in [0.05, 0.1) is 7.11 Å². The van der Waals surface area contributed by atoms with Gasteiger partial charge in [-0.25, -0.2) is 0 Å². The number of aromatic hydroxyl groups is 1. The molecule has 0 saturated heterocycles. The van der Waals surface area contributed by atoms with Crippen LogP contribution in [0.5, 0.6) is 12.0 Å². The van der Waals surface area contributed by atoms with Crippen LogP contribution in [0.4, 0.5) is 0 Å². The molecule has 0 aliphatic rings. The monoisotopic (exact) mass is 217 g/mol. The van der Waals surface area contributed by atoms with Gasteiger partial charge in [-0.2, -0.15) is 9.97 Å². The Bertz CT molecular complexity index is 514. The summed E-state index contributed by atoms with van der Waals surface area (Å²) in [6.07, 6.45) is 0. The number of hydrogen-bond donors (Lipinski definition) is 1. The van der Waals surface area contributed by atoms with E-state index in [1.54, 1.807) is 0 Å². The molecule has 0 unspecified atom stereocenters. The van der Waals surface area contributed by atoms with Crippen LogP contribution in [0.3, 0.4) is 0 Å². The Morgan fingerprint density at radius 3 is 2.56 bits per heavy atom. The van der Waals surface area contributed by atoms with Crippen molar-refractivity contribution >= 4 is 0 Å². The van der Waals surface area contributed by atoms with Crippen LogP contribution in [0.2, 0.25) is 0 Å². The van der Waals surface area contributed by atoms with Crippen molar-refractivity contribution in [3.05, 3.63) is 29.8 Å². The lowest BCUT2D eigenvalue weighted by atomic mass is 10.1. The lowest BCUT2D eigenvalue weighted by Crippen LogP contribution is -1.98. The van der Waals surface area contributed by atoms with Gasteiger partial charge < -0.3 is 9.84 Å². The zero-order valence-electron chi connectivity index (χ0n) is 9.01. The Kier molecular flexibility index (Phi) is 2.68. The summed E-state index contributed by atoms with van der Waals surface area (Å²) in [6, 6.07) is 7.40. The molecule has 0 aliphatic heterocycles. The summed E-state index contributed by atoms with van der Waals surface area (Å²) in [5, 5.41) is 9.33. The lowest BCUT2D eigenvalue weighted by molar-refractivity contribution is 0.356. The first-order valence-corrected chi connectivity index (χ1v) is 4.75. The summed E-state index contributed by atoms with van der Waals surface area (Å²) >= 11 is 0. The van der Waals surface area contributed by atoms with E-state index in [9.17, 15) is 5.11 Å². The van der Waals surface area contributed by atoms with Crippen molar-refractivity contribution in [3.63, 3.8) is 0 Å². The molecule has 2 rings (SSSR count). The van der Waals surface area contributed by atoms with Gasteiger partial charge >= 0.3 is 12.0 Å². The van der Waals surface area contributed by atoms with Gasteiger partial charge in [0.2, 0.25) is 0 Å². The van der Waals surface area contributed by atoms with Crippen LogP contribution >= 0.6 is 0 Å². The van der Waals surface area contributed by atoms with E-state index in [-0.39, 0.29) is 12.0 Å². The number of aryl methyl sites for hydroxylation is 1. The van der Waals surface area contributed by atoms with Crippen molar-refractivity contribution in [2.75, 3.05) is 7.11 Å². The highest BCUT2D eigenvalue weighted by atomic mass is 16.5. The fraction of sp³-hybridized carbons (Fsp3) is 0.182. The Hall–Kier alpha value is -2.17. The molecule has 5 heteroatoms. The fourth-order valence-corrected chi connectivity index (χ4v) is 1.38. The van der Waals surface area contributed by atoms with Gasteiger partial charge in [-0.3, -0.25) is 0 Å². The summed E-state index contributed by atoms with van der Waals surface area (Å²) < 4.78 is 4.87. The standard InChI is InChI=1S/C11H11N3O2/c1-7-5-3-4-6-8(7)9-12-10(15)14-11(13-9)16-2/h3-6H,1-2H3,(H,12,13,14,15). The molecule has 0 fully saturated rings. The highest BCUT2D eigenvalue weighted by Gasteiger charge is 2.09. The Morgan fingerprint density at radius 1 is 1.12 bits per heavy atom. The van der Waals surface area contributed by atoms with Gasteiger partial charge in [0.1, 0.15) is 0 Å². The van der Waals surface area contributed by atoms with Crippen LogP contribution in [0.1, 0.15) is 5.56 Å². The quantitative estimate of drug-likeness (QED) is 0.826. The highest BCUT2D eigenvalue weighted by Crippen LogP contribution is 2.21. The molecule has 0 atom stereocenters. The van der Waals surface area contributed by atoms with Crippen LogP contribution in [0, 0.1) is 6.92 Å². The first-order chi connectivity index (χ1) is 7.70. The van der Waals surface area contributed by atoms with E-state index in [1.807, 2.05) is 31.2 Å². The zero-order chi connectivity index (χ0) is 11.5. The summed E-state index contributed by atoms with van der Waals surface area (Å²) in [6.45, 7) is 1.95. The molecule has 0 spiro atoms. The largest absolute Gasteiger partial charge is 0.479 e. The van der Waals surface area contributed by atoms with Gasteiger partial charge in [-0.15, -0.1) is 4.98 Å². The maximum atomic E-state index is 9.33. The Morgan fingerprint density at radius 2 is 1.88 bits per heavy atom. The highest BCUT2D eigenvalue weighted by molar-refractivity contribution is 5.59. The Labute approximate surface area is 92.8 Å². The lowest BCUT2D eigenvalue weighted by Gasteiger charge is -2.05. The van der Waals surface area contributed by atoms with Gasteiger partial charge in [0, 0.05) is 5.56 Å². The number of nitrogens with zero attached hydrogens (tertiary/aromatic N) is 3. The SMILES string of the molecule is COc1nc(O)nc(-c2ccccc2C)n1. The second kappa shape index (κ2) is 4.14. The van der Waals surface area contributed by atoms with Crippen LogP contribution in [-0.4, -0.2) is 27.2 Å². The van der Waals surface area contributed by atoms with Crippen molar-refractivity contribution in [3.8, 4) is 23.4 Å². The molecular weight excluding hydrogens is 206 g/mol. The summed E-state index contributed by atoms with van der Waals surface area (Å²) in [5.74, 6) is 0.405. The van der Waals surface area contributed by atoms with E-state index in [2.05, 4.69) is 15.0 Å². The van der Waals surface area contributed by atoms with Crippen molar-refractivity contribution in [2.24, 2.45) is 0 Å². The molecule has 1 heterocycles. The molecule has 0 radical (unpaired) electrons. The maximum Gasteiger partial charge on any atom is 0.322 e. The predicted molar refractivity (Wildman–Crippen MR) is 58.2 cm³/mol. The average molecular weight is 217 g/mol. The average Bonchev–Trinajstić information content (AvgIpc) is 2.28. The van der Waals surface area contributed by atoms with Crippen LogP contribution in [-0.2, 0) is 0 Å². The third-order valence-corrected chi connectivity index (χ3v) is 2.17. The van der Waals surface area contributed by atoms with Crippen LogP contribution in [0.15, 0.2) is 24.3 Å². The number of hydrogen-bond acceptors (Lipinski definition) is 5. The zero-order valence-corrected chi connectivity index (χ0v) is 9.01. The minimum Gasteiger partial charge on any atom is -0.479 e. The van der Waals surface area contributed by atoms with E-state index in [4.69, 9.17) is 4.74 Å². The molecular formula is C11H11N3O2. The van der Waals surface area contributed by atoms with Crippen LogP contribution < -0.4 is 4.74 Å². The molecule has 0 amide bonds. The van der Waals surface area contributed by atoms with Gasteiger partial charge in [0.25, 0.3) is 0 Å². The topological polar surface area (TPSA) is 68.1 Å². The van der Waals surface area contributed by atoms with Crippen molar-refractivity contribution in [1.82, 2.24) is 15.0 Å². The number of methoxy groups -OCH3 is 1. The normalized spacial score (nSPS) is 10.1. The molecule has 1 aromatic carbocycles. The molecule has 1 N–H and O–H groups in total. The van der Waals surface area contributed by atoms with E-state index in [0.717, 1.165) is 11.1 Å². The minimum atomic E-state index is -0.342. The third kappa shape index (κ3) is 1.93. The van der Waals surface area contributed by atoms with Gasteiger partial charge in [-0.1, -0.05) is 24.3 Å². The molecule has 0 bridgehead atoms. The second-order valence-electron chi connectivity index (χ2n) is 3.26. The smallest absolute Gasteiger partial charge is 0.322 e. The molecule has 16 heavy (non-hydrogen) atoms. The first-order valence-electron chi connectivity index (χ1n) is 4.75. The first kappa shape index (κ1) is 10.4. The molecule has 2 aromatic rings. The number of rotatable bonds is 2. The molecule has 0 aliphatic carbocycles. The minimum absolute atomic E-state index is 0.103. The number of ether oxygens (including phenoxy) is 1. The molecule has 82 valence electrons. The van der Waals surface area contributed by atoms with Crippen LogP contribution in [0.25, 0.3) is 11.4 Å². The summed E-state index contributed by atoms with van der Waals surface area (Å²) in [5.41, 5.74) is 1.87. The fourth-order valence-electron chi connectivity index (χ4n) is 1.38. The van der Waals surface area contributed by atoms with Crippen molar-refractivity contribution in [1.29, 1.82) is 0 Å². The number of benzene rings is 1. The summed E-state index contributed by atoms with van der Waals surface area (Å²) in [7, 11) is 1.44. The van der Waals surface area contributed by atoms with Gasteiger partial charge in [-0.05, 0) is 12.5 Å². The van der Waals surface area contributed by atoms with E-state index >= 15 is 0 Å². The van der Waals surface area contributed by atoms with E-state index in [0.29, 0.717) is 5.82 Å². The maximum absolute atomic E-state index is 9.33. The summed E-state index contributed by atoms with van der Waals surface area (Å²) in [4.78, 5) is 11.6. The third-order valence-electron chi connectivity index (χ3n) is 2.17. The van der Waals surface area contributed by atoms with Gasteiger partial charge in [0.15, 0.2) is 5.82 Å². The van der Waals surface area contributed by atoms with Crippen molar-refractivity contribution in [2.45, 2.75) is 6.92 Å².